The number of nitrogens with one attached hydrogen (secondary N) is 1. The standard InChI is InChI=1S/C13H19NO/c1-10-8-9-12(15-10)13(14-2)11-6-4-3-5-7-11/h3-7,10,12-14H,8-9H2,1-2H3. The van der Waals surface area contributed by atoms with E-state index in [2.05, 4.69) is 36.5 Å². The molecular weight excluding hydrogens is 186 g/mol. The van der Waals surface area contributed by atoms with Crippen molar-refractivity contribution in [2.24, 2.45) is 0 Å². The molecule has 3 unspecified atom stereocenters. The third-order valence-corrected chi connectivity index (χ3v) is 3.11. The van der Waals surface area contributed by atoms with E-state index < -0.39 is 0 Å². The maximum atomic E-state index is 5.91. The SMILES string of the molecule is CNC(c1ccccc1)C1CCC(C)O1. The van der Waals surface area contributed by atoms with E-state index in [0.717, 1.165) is 6.42 Å². The molecule has 0 spiro atoms. The van der Waals surface area contributed by atoms with Crippen molar-refractivity contribution in [2.75, 3.05) is 7.05 Å². The van der Waals surface area contributed by atoms with E-state index in [1.807, 2.05) is 13.1 Å². The molecule has 1 saturated heterocycles. The van der Waals surface area contributed by atoms with Crippen molar-refractivity contribution in [3.05, 3.63) is 35.9 Å². The molecule has 1 aliphatic rings. The number of likely N-dealkylation sites (N-methyl/N-ethyl adjacent to an activating group) is 1. The van der Waals surface area contributed by atoms with Crippen LogP contribution in [0.3, 0.4) is 0 Å². The van der Waals surface area contributed by atoms with Gasteiger partial charge in [0, 0.05) is 0 Å². The van der Waals surface area contributed by atoms with Gasteiger partial charge in [-0.05, 0) is 32.4 Å². The Balaban J connectivity index is 2.11. The maximum Gasteiger partial charge on any atom is 0.0774 e. The second-order valence-corrected chi connectivity index (χ2v) is 4.24. The average molecular weight is 205 g/mol. The zero-order valence-electron chi connectivity index (χ0n) is 9.44. The molecule has 0 bridgehead atoms. The van der Waals surface area contributed by atoms with E-state index in [-0.39, 0.29) is 0 Å². The molecule has 2 rings (SSSR count). The van der Waals surface area contributed by atoms with Crippen molar-refractivity contribution in [3.63, 3.8) is 0 Å². The van der Waals surface area contributed by atoms with Crippen molar-refractivity contribution in [2.45, 2.75) is 38.0 Å². The lowest BCUT2D eigenvalue weighted by Gasteiger charge is -2.23. The minimum atomic E-state index is 0.326. The molecule has 1 N–H and O–H groups in total. The zero-order valence-corrected chi connectivity index (χ0v) is 9.44. The summed E-state index contributed by atoms with van der Waals surface area (Å²) in [6, 6.07) is 10.9. The predicted octanol–water partition coefficient (Wildman–Crippen LogP) is 2.51. The first-order chi connectivity index (χ1) is 7.31. The van der Waals surface area contributed by atoms with Crippen molar-refractivity contribution >= 4 is 0 Å². The summed E-state index contributed by atoms with van der Waals surface area (Å²) in [5, 5.41) is 3.36. The second-order valence-electron chi connectivity index (χ2n) is 4.24. The van der Waals surface area contributed by atoms with Gasteiger partial charge in [0.25, 0.3) is 0 Å². The minimum Gasteiger partial charge on any atom is -0.373 e. The summed E-state index contributed by atoms with van der Waals surface area (Å²) in [6.45, 7) is 2.15. The van der Waals surface area contributed by atoms with Crippen LogP contribution in [0.5, 0.6) is 0 Å². The first-order valence-corrected chi connectivity index (χ1v) is 5.69. The lowest BCUT2D eigenvalue weighted by atomic mass is 9.99. The minimum absolute atomic E-state index is 0.326. The molecule has 0 aromatic heterocycles. The van der Waals surface area contributed by atoms with Gasteiger partial charge in [0.1, 0.15) is 0 Å². The van der Waals surface area contributed by atoms with E-state index in [4.69, 9.17) is 4.74 Å². The lowest BCUT2D eigenvalue weighted by Crippen LogP contribution is -2.29. The zero-order chi connectivity index (χ0) is 10.7. The molecule has 1 fully saturated rings. The largest absolute Gasteiger partial charge is 0.373 e. The van der Waals surface area contributed by atoms with E-state index in [1.54, 1.807) is 0 Å². The van der Waals surface area contributed by atoms with E-state index in [0.29, 0.717) is 18.2 Å². The van der Waals surface area contributed by atoms with Crippen LogP contribution in [0.1, 0.15) is 31.4 Å². The third-order valence-electron chi connectivity index (χ3n) is 3.11. The normalized spacial score (nSPS) is 27.9. The highest BCUT2D eigenvalue weighted by atomic mass is 16.5. The first-order valence-electron chi connectivity index (χ1n) is 5.69. The molecule has 0 radical (unpaired) electrons. The molecule has 82 valence electrons. The molecule has 0 saturated carbocycles. The van der Waals surface area contributed by atoms with Gasteiger partial charge in [0.15, 0.2) is 0 Å². The summed E-state index contributed by atoms with van der Waals surface area (Å²) in [7, 11) is 2.00. The van der Waals surface area contributed by atoms with Crippen LogP contribution in [0.4, 0.5) is 0 Å². The molecule has 3 atom stereocenters. The fraction of sp³-hybridized carbons (Fsp3) is 0.538. The van der Waals surface area contributed by atoms with E-state index in [1.165, 1.54) is 12.0 Å². The van der Waals surface area contributed by atoms with E-state index in [9.17, 15) is 0 Å². The number of benzene rings is 1. The second kappa shape index (κ2) is 4.77. The molecule has 1 heterocycles. The highest BCUT2D eigenvalue weighted by Gasteiger charge is 2.29. The molecule has 2 nitrogen and oxygen atoms in total. The average Bonchev–Trinajstić information content (AvgIpc) is 2.68. The van der Waals surface area contributed by atoms with Crippen LogP contribution in [0.15, 0.2) is 30.3 Å². The fourth-order valence-corrected chi connectivity index (χ4v) is 2.31. The van der Waals surface area contributed by atoms with Crippen molar-refractivity contribution in [1.82, 2.24) is 5.32 Å². The highest BCUT2D eigenvalue weighted by molar-refractivity contribution is 5.20. The summed E-state index contributed by atoms with van der Waals surface area (Å²) in [6.07, 6.45) is 3.07. The Kier molecular flexibility index (Phi) is 3.39. The van der Waals surface area contributed by atoms with Gasteiger partial charge in [0.05, 0.1) is 18.2 Å². The van der Waals surface area contributed by atoms with Crippen molar-refractivity contribution < 1.29 is 4.74 Å². The Morgan fingerprint density at radius 3 is 2.53 bits per heavy atom. The van der Waals surface area contributed by atoms with Crippen LogP contribution >= 0.6 is 0 Å². The number of hydrogen-bond acceptors (Lipinski definition) is 2. The van der Waals surface area contributed by atoms with Gasteiger partial charge in [-0.2, -0.15) is 0 Å². The van der Waals surface area contributed by atoms with Crippen molar-refractivity contribution in [1.29, 1.82) is 0 Å². The molecule has 1 aromatic carbocycles. The van der Waals surface area contributed by atoms with Crippen LogP contribution in [-0.2, 0) is 4.74 Å². The summed E-state index contributed by atoms with van der Waals surface area (Å²) >= 11 is 0. The van der Waals surface area contributed by atoms with Crippen molar-refractivity contribution in [3.8, 4) is 0 Å². The Labute approximate surface area is 91.6 Å². The van der Waals surface area contributed by atoms with Crippen LogP contribution in [0.25, 0.3) is 0 Å². The van der Waals surface area contributed by atoms with Crippen LogP contribution in [0, 0.1) is 0 Å². The number of rotatable bonds is 3. The van der Waals surface area contributed by atoms with Gasteiger partial charge in [0.2, 0.25) is 0 Å². The van der Waals surface area contributed by atoms with Gasteiger partial charge in [-0.3, -0.25) is 0 Å². The van der Waals surface area contributed by atoms with Crippen LogP contribution in [0.2, 0.25) is 0 Å². The lowest BCUT2D eigenvalue weighted by molar-refractivity contribution is 0.0333. The predicted molar refractivity (Wildman–Crippen MR) is 61.8 cm³/mol. The summed E-state index contributed by atoms with van der Waals surface area (Å²) in [5.74, 6) is 0. The monoisotopic (exact) mass is 205 g/mol. The Morgan fingerprint density at radius 2 is 2.00 bits per heavy atom. The molecule has 1 aromatic rings. The summed E-state index contributed by atoms with van der Waals surface area (Å²) in [5.41, 5.74) is 1.32. The molecule has 0 aliphatic carbocycles. The summed E-state index contributed by atoms with van der Waals surface area (Å²) < 4.78 is 5.91. The number of hydrogen-bond donors (Lipinski definition) is 1. The van der Waals surface area contributed by atoms with Gasteiger partial charge in [-0.1, -0.05) is 30.3 Å². The molecule has 0 amide bonds. The van der Waals surface area contributed by atoms with Crippen LogP contribution in [-0.4, -0.2) is 19.3 Å². The maximum absolute atomic E-state index is 5.91. The van der Waals surface area contributed by atoms with E-state index >= 15 is 0 Å². The third kappa shape index (κ3) is 2.39. The number of ether oxygens (including phenoxy) is 1. The smallest absolute Gasteiger partial charge is 0.0774 e. The molecule has 2 heteroatoms. The van der Waals surface area contributed by atoms with Gasteiger partial charge in [-0.15, -0.1) is 0 Å². The molecular formula is C13H19NO. The summed E-state index contributed by atoms with van der Waals surface area (Å²) in [4.78, 5) is 0. The van der Waals surface area contributed by atoms with Crippen LogP contribution < -0.4 is 5.32 Å². The Bertz CT molecular complexity index is 299. The quantitative estimate of drug-likeness (QED) is 0.818. The van der Waals surface area contributed by atoms with Gasteiger partial charge < -0.3 is 10.1 Å². The topological polar surface area (TPSA) is 21.3 Å². The van der Waals surface area contributed by atoms with Gasteiger partial charge >= 0.3 is 0 Å². The Morgan fingerprint density at radius 1 is 1.27 bits per heavy atom. The first kappa shape index (κ1) is 10.7. The Hall–Kier alpha value is -0.860. The van der Waals surface area contributed by atoms with Gasteiger partial charge in [-0.25, -0.2) is 0 Å². The highest BCUT2D eigenvalue weighted by Crippen LogP contribution is 2.29. The fourth-order valence-electron chi connectivity index (χ4n) is 2.31. The molecule has 1 aliphatic heterocycles. The molecule has 15 heavy (non-hydrogen) atoms.